The molecular formula is C14H17ClN2OS. The van der Waals surface area contributed by atoms with Crippen molar-refractivity contribution < 1.29 is 4.79 Å². The molecule has 0 bridgehead atoms. The second-order valence-electron chi connectivity index (χ2n) is 4.60. The monoisotopic (exact) mass is 296 g/mol. The van der Waals surface area contributed by atoms with Crippen molar-refractivity contribution in [2.75, 3.05) is 6.54 Å². The quantitative estimate of drug-likeness (QED) is 0.849. The molecule has 2 unspecified atom stereocenters. The van der Waals surface area contributed by atoms with Crippen LogP contribution in [0.3, 0.4) is 0 Å². The van der Waals surface area contributed by atoms with Gasteiger partial charge in [-0.05, 0) is 18.6 Å². The fourth-order valence-corrected chi connectivity index (χ4v) is 3.26. The van der Waals surface area contributed by atoms with Gasteiger partial charge in [-0.3, -0.25) is 4.79 Å². The molecule has 0 saturated carbocycles. The summed E-state index contributed by atoms with van der Waals surface area (Å²) in [6, 6.07) is 3.80. The van der Waals surface area contributed by atoms with Gasteiger partial charge >= 0.3 is 0 Å². The molecule has 0 aliphatic heterocycles. The molecule has 1 aliphatic carbocycles. The van der Waals surface area contributed by atoms with E-state index in [0.29, 0.717) is 19.5 Å². The summed E-state index contributed by atoms with van der Waals surface area (Å²) < 4.78 is 0.740. The topological polar surface area (TPSA) is 46.3 Å². The van der Waals surface area contributed by atoms with Gasteiger partial charge in [0, 0.05) is 17.5 Å². The van der Waals surface area contributed by atoms with E-state index in [0.717, 1.165) is 9.21 Å². The highest BCUT2D eigenvalue weighted by atomic mass is 35.5. The van der Waals surface area contributed by atoms with E-state index in [1.807, 2.05) is 24.3 Å². The Kier molecular flexibility index (Phi) is 4.80. The largest absolute Gasteiger partial charge is 0.333 e. The highest BCUT2D eigenvalue weighted by Crippen LogP contribution is 2.25. The van der Waals surface area contributed by atoms with Gasteiger partial charge in [0.05, 0.1) is 16.8 Å². The van der Waals surface area contributed by atoms with E-state index in [1.54, 1.807) is 11.0 Å². The average molecular weight is 297 g/mol. The van der Waals surface area contributed by atoms with Crippen LogP contribution in [0, 0.1) is 5.92 Å². The first kappa shape index (κ1) is 14.3. The molecule has 0 saturated heterocycles. The maximum Gasteiger partial charge on any atom is 0.230 e. The van der Waals surface area contributed by atoms with Crippen LogP contribution in [0.15, 0.2) is 36.9 Å². The van der Waals surface area contributed by atoms with Gasteiger partial charge in [-0.25, -0.2) is 0 Å². The van der Waals surface area contributed by atoms with Crippen LogP contribution in [0.1, 0.15) is 11.3 Å². The van der Waals surface area contributed by atoms with Crippen LogP contribution < -0.4 is 5.73 Å². The molecule has 1 aliphatic rings. The van der Waals surface area contributed by atoms with Crippen LogP contribution in [-0.4, -0.2) is 23.4 Å². The summed E-state index contributed by atoms with van der Waals surface area (Å²) in [4.78, 5) is 15.3. The second-order valence-corrected chi connectivity index (χ2v) is 6.40. The SMILES string of the molecule is C=CCN(Cc1ccc(Cl)s1)C(=O)C1C=CC(N)C1. The zero-order valence-electron chi connectivity index (χ0n) is 10.6. The van der Waals surface area contributed by atoms with Crippen molar-refractivity contribution in [3.05, 3.63) is 46.2 Å². The first-order chi connectivity index (χ1) is 9.10. The maximum atomic E-state index is 12.4. The van der Waals surface area contributed by atoms with Crippen LogP contribution in [-0.2, 0) is 11.3 Å². The molecule has 2 N–H and O–H groups in total. The van der Waals surface area contributed by atoms with Gasteiger partial charge in [-0.1, -0.05) is 29.8 Å². The van der Waals surface area contributed by atoms with E-state index in [-0.39, 0.29) is 17.9 Å². The average Bonchev–Trinajstić information content (AvgIpc) is 2.97. The van der Waals surface area contributed by atoms with E-state index in [9.17, 15) is 4.79 Å². The van der Waals surface area contributed by atoms with Gasteiger partial charge in [-0.2, -0.15) is 0 Å². The molecule has 1 heterocycles. The molecule has 2 rings (SSSR count). The second kappa shape index (κ2) is 6.37. The van der Waals surface area contributed by atoms with Gasteiger partial charge in [0.1, 0.15) is 0 Å². The Morgan fingerprint density at radius 3 is 2.89 bits per heavy atom. The normalized spacial score (nSPS) is 21.6. The lowest BCUT2D eigenvalue weighted by molar-refractivity contribution is -0.134. The van der Waals surface area contributed by atoms with Gasteiger partial charge in [0.2, 0.25) is 5.91 Å². The zero-order valence-corrected chi connectivity index (χ0v) is 12.2. The van der Waals surface area contributed by atoms with E-state index in [4.69, 9.17) is 17.3 Å². The highest BCUT2D eigenvalue weighted by molar-refractivity contribution is 7.16. The highest BCUT2D eigenvalue weighted by Gasteiger charge is 2.26. The van der Waals surface area contributed by atoms with E-state index in [1.165, 1.54) is 11.3 Å². The van der Waals surface area contributed by atoms with Gasteiger partial charge in [-0.15, -0.1) is 17.9 Å². The zero-order chi connectivity index (χ0) is 13.8. The first-order valence-corrected chi connectivity index (χ1v) is 7.37. The summed E-state index contributed by atoms with van der Waals surface area (Å²) in [5.41, 5.74) is 5.80. The lowest BCUT2D eigenvalue weighted by Gasteiger charge is -2.23. The predicted molar refractivity (Wildman–Crippen MR) is 80.2 cm³/mol. The van der Waals surface area contributed by atoms with Crippen LogP contribution in [0.2, 0.25) is 4.34 Å². The first-order valence-electron chi connectivity index (χ1n) is 6.18. The molecule has 1 aromatic rings. The molecule has 1 aromatic heterocycles. The van der Waals surface area contributed by atoms with Crippen LogP contribution in [0.4, 0.5) is 0 Å². The Bertz CT molecular complexity index is 497. The number of nitrogens with zero attached hydrogens (tertiary/aromatic N) is 1. The number of hydrogen-bond donors (Lipinski definition) is 1. The van der Waals surface area contributed by atoms with Crippen LogP contribution >= 0.6 is 22.9 Å². The molecule has 19 heavy (non-hydrogen) atoms. The molecule has 0 aromatic carbocycles. The summed E-state index contributed by atoms with van der Waals surface area (Å²) in [5.74, 6) is -0.000920. The smallest absolute Gasteiger partial charge is 0.230 e. The van der Waals surface area contributed by atoms with Gasteiger partial charge in [0.25, 0.3) is 0 Å². The minimum Gasteiger partial charge on any atom is -0.333 e. The van der Waals surface area contributed by atoms with E-state index < -0.39 is 0 Å². The van der Waals surface area contributed by atoms with Crippen molar-refractivity contribution in [2.24, 2.45) is 11.7 Å². The van der Waals surface area contributed by atoms with Crippen molar-refractivity contribution in [1.82, 2.24) is 4.90 Å². The summed E-state index contributed by atoms with van der Waals surface area (Å²) >= 11 is 7.41. The molecule has 0 radical (unpaired) electrons. The maximum absolute atomic E-state index is 12.4. The minimum absolute atomic E-state index is 0.00397. The van der Waals surface area contributed by atoms with Gasteiger partial charge in [0.15, 0.2) is 0 Å². The molecule has 3 nitrogen and oxygen atoms in total. The van der Waals surface area contributed by atoms with Crippen molar-refractivity contribution in [1.29, 1.82) is 0 Å². The molecule has 102 valence electrons. The number of amides is 1. The Balaban J connectivity index is 2.04. The number of halogens is 1. The number of hydrogen-bond acceptors (Lipinski definition) is 3. The fourth-order valence-electron chi connectivity index (χ4n) is 2.16. The van der Waals surface area contributed by atoms with Gasteiger partial charge < -0.3 is 10.6 Å². The van der Waals surface area contributed by atoms with Crippen molar-refractivity contribution in [3.63, 3.8) is 0 Å². The fraction of sp³-hybridized carbons (Fsp3) is 0.357. The Labute approximate surface area is 122 Å². The summed E-state index contributed by atoms with van der Waals surface area (Å²) in [6.07, 6.45) is 6.24. The Morgan fingerprint density at radius 2 is 2.37 bits per heavy atom. The molecule has 2 atom stereocenters. The van der Waals surface area contributed by atoms with Crippen LogP contribution in [0.5, 0.6) is 0 Å². The lowest BCUT2D eigenvalue weighted by Crippen LogP contribution is -2.35. The number of carbonyl (C=O) groups is 1. The molecular weight excluding hydrogens is 280 g/mol. The predicted octanol–water partition coefficient (Wildman–Crippen LogP) is 2.82. The molecule has 0 fully saturated rings. The minimum atomic E-state index is -0.106. The molecule has 0 spiro atoms. The molecule has 1 amide bonds. The Hall–Kier alpha value is -1.10. The summed E-state index contributed by atoms with van der Waals surface area (Å²) in [7, 11) is 0. The summed E-state index contributed by atoms with van der Waals surface area (Å²) in [5, 5.41) is 0. The number of carbonyl (C=O) groups excluding carboxylic acids is 1. The third-order valence-electron chi connectivity index (χ3n) is 3.07. The number of rotatable bonds is 5. The molecule has 5 heteroatoms. The van der Waals surface area contributed by atoms with Crippen molar-refractivity contribution in [3.8, 4) is 0 Å². The lowest BCUT2D eigenvalue weighted by atomic mass is 10.1. The van der Waals surface area contributed by atoms with E-state index in [2.05, 4.69) is 6.58 Å². The van der Waals surface area contributed by atoms with Crippen LogP contribution in [0.25, 0.3) is 0 Å². The van der Waals surface area contributed by atoms with Crippen molar-refractivity contribution >= 4 is 28.8 Å². The number of thiophene rings is 1. The standard InChI is InChI=1S/C14H17ClN2OS/c1-2-7-17(9-12-5-6-13(15)19-12)14(18)10-3-4-11(16)8-10/h2-6,10-11H,1,7-9,16H2. The third kappa shape index (κ3) is 3.69. The third-order valence-corrected chi connectivity index (χ3v) is 4.29. The van der Waals surface area contributed by atoms with Crippen molar-refractivity contribution in [2.45, 2.75) is 19.0 Å². The Morgan fingerprint density at radius 1 is 1.58 bits per heavy atom. The van der Waals surface area contributed by atoms with E-state index >= 15 is 0 Å². The summed E-state index contributed by atoms with van der Waals surface area (Å²) in [6.45, 7) is 4.82. The number of nitrogens with two attached hydrogens (primary N) is 1.